The molecule has 1 aliphatic carbocycles. The van der Waals surface area contributed by atoms with Crippen LogP contribution in [-0.4, -0.2) is 30.8 Å². The van der Waals surface area contributed by atoms with Gasteiger partial charge < -0.3 is 4.90 Å². The third-order valence-electron chi connectivity index (χ3n) is 2.99. The lowest BCUT2D eigenvalue weighted by Crippen LogP contribution is -2.30. The van der Waals surface area contributed by atoms with Crippen molar-refractivity contribution in [3.63, 3.8) is 0 Å². The molecule has 1 nitrogen and oxygen atoms in total. The molecular weight excluding hydrogens is 178 g/mol. The number of hydrogen-bond donors (Lipinski definition) is 1. The molecule has 0 radical (unpaired) electrons. The summed E-state index contributed by atoms with van der Waals surface area (Å²) in [4.78, 5) is 2.50. The Labute approximate surface area is 88.3 Å². The highest BCUT2D eigenvalue weighted by Crippen LogP contribution is 2.26. The molecule has 0 saturated heterocycles. The van der Waals surface area contributed by atoms with Gasteiger partial charge in [0.25, 0.3) is 0 Å². The maximum Gasteiger partial charge on any atom is 0.000661 e. The van der Waals surface area contributed by atoms with Gasteiger partial charge in [0.15, 0.2) is 0 Å². The summed E-state index contributed by atoms with van der Waals surface area (Å²) in [6.45, 7) is 2.62. The number of rotatable bonds is 7. The van der Waals surface area contributed by atoms with Gasteiger partial charge in [0.05, 0.1) is 0 Å². The van der Waals surface area contributed by atoms with Crippen LogP contribution < -0.4 is 0 Å². The Morgan fingerprint density at radius 2 is 2.00 bits per heavy atom. The van der Waals surface area contributed by atoms with E-state index in [9.17, 15) is 0 Å². The minimum atomic E-state index is 1.02. The summed E-state index contributed by atoms with van der Waals surface area (Å²) < 4.78 is 0. The van der Waals surface area contributed by atoms with Crippen LogP contribution in [0.5, 0.6) is 0 Å². The molecule has 0 spiro atoms. The maximum atomic E-state index is 4.21. The molecule has 0 heterocycles. The van der Waals surface area contributed by atoms with Gasteiger partial charge >= 0.3 is 0 Å². The smallest absolute Gasteiger partial charge is 0.000661 e. The summed E-state index contributed by atoms with van der Waals surface area (Å²) >= 11 is 4.21. The van der Waals surface area contributed by atoms with Gasteiger partial charge in [0.2, 0.25) is 0 Å². The zero-order valence-corrected chi connectivity index (χ0v) is 9.73. The topological polar surface area (TPSA) is 3.24 Å². The summed E-state index contributed by atoms with van der Waals surface area (Å²) in [5.74, 6) is 2.07. The fourth-order valence-electron chi connectivity index (χ4n) is 1.88. The van der Waals surface area contributed by atoms with Crippen molar-refractivity contribution in [1.29, 1.82) is 0 Å². The first kappa shape index (κ1) is 11.4. The van der Waals surface area contributed by atoms with Crippen LogP contribution >= 0.6 is 12.6 Å². The molecule has 1 rings (SSSR count). The van der Waals surface area contributed by atoms with E-state index in [4.69, 9.17) is 0 Å². The van der Waals surface area contributed by atoms with Crippen molar-refractivity contribution < 1.29 is 0 Å². The van der Waals surface area contributed by atoms with Crippen LogP contribution in [0.3, 0.4) is 0 Å². The van der Waals surface area contributed by atoms with Crippen molar-refractivity contribution in [3.8, 4) is 0 Å². The van der Waals surface area contributed by atoms with Crippen LogP contribution in [0.4, 0.5) is 0 Å². The lowest BCUT2D eigenvalue weighted by atomic mass is 9.85. The zero-order valence-electron chi connectivity index (χ0n) is 8.84. The average molecular weight is 201 g/mol. The molecule has 0 N–H and O–H groups in total. The predicted octanol–water partition coefficient (Wildman–Crippen LogP) is 2.82. The Hall–Kier alpha value is 0.310. The van der Waals surface area contributed by atoms with Crippen LogP contribution in [0.15, 0.2) is 0 Å². The monoisotopic (exact) mass is 201 g/mol. The van der Waals surface area contributed by atoms with Crippen molar-refractivity contribution in [2.75, 3.05) is 25.9 Å². The second-order valence-electron chi connectivity index (χ2n) is 4.34. The summed E-state index contributed by atoms with van der Waals surface area (Å²) in [5.41, 5.74) is 0. The van der Waals surface area contributed by atoms with Crippen LogP contribution in [0, 0.1) is 5.92 Å². The maximum absolute atomic E-state index is 4.21. The van der Waals surface area contributed by atoms with Gasteiger partial charge in [-0.2, -0.15) is 12.6 Å². The molecule has 0 unspecified atom stereocenters. The molecule has 13 heavy (non-hydrogen) atoms. The third kappa shape index (κ3) is 4.92. The first-order valence-corrected chi connectivity index (χ1v) is 6.25. The molecule has 0 bridgehead atoms. The summed E-state index contributed by atoms with van der Waals surface area (Å²) in [6.07, 6.45) is 8.39. The molecule has 0 aromatic carbocycles. The van der Waals surface area contributed by atoms with Gasteiger partial charge in [-0.1, -0.05) is 12.8 Å². The third-order valence-corrected chi connectivity index (χ3v) is 3.31. The number of nitrogens with zero attached hydrogens (tertiary/aromatic N) is 1. The molecule has 0 aromatic rings. The van der Waals surface area contributed by atoms with E-state index in [1.165, 1.54) is 51.6 Å². The van der Waals surface area contributed by atoms with E-state index >= 15 is 0 Å². The molecule has 2 heteroatoms. The normalized spacial score (nSPS) is 17.8. The quantitative estimate of drug-likeness (QED) is 0.490. The number of unbranched alkanes of at least 4 members (excludes halogenated alkanes) is 2. The van der Waals surface area contributed by atoms with Crippen LogP contribution in [0.1, 0.15) is 38.5 Å². The van der Waals surface area contributed by atoms with Crippen LogP contribution in [0.2, 0.25) is 0 Å². The van der Waals surface area contributed by atoms with Gasteiger partial charge in [0.1, 0.15) is 0 Å². The highest BCUT2D eigenvalue weighted by atomic mass is 32.1. The first-order chi connectivity index (χ1) is 6.33. The number of hydrogen-bond acceptors (Lipinski definition) is 2. The Morgan fingerprint density at radius 3 is 2.54 bits per heavy atom. The van der Waals surface area contributed by atoms with Crippen molar-refractivity contribution in [1.82, 2.24) is 4.90 Å². The second kappa shape index (κ2) is 6.72. The Bertz CT molecular complexity index is 123. The van der Waals surface area contributed by atoms with E-state index in [0.717, 1.165) is 11.7 Å². The standard InChI is InChI=1S/C11H23NS/c1-12(8-3-2-4-9-13)10-11-6-5-7-11/h11,13H,2-10H2,1H3. The Morgan fingerprint density at radius 1 is 1.23 bits per heavy atom. The molecule has 0 atom stereocenters. The Kier molecular flexibility index (Phi) is 5.88. The van der Waals surface area contributed by atoms with E-state index in [-0.39, 0.29) is 0 Å². The van der Waals surface area contributed by atoms with Crippen molar-refractivity contribution >= 4 is 12.6 Å². The van der Waals surface area contributed by atoms with Gasteiger partial charge in [0, 0.05) is 6.54 Å². The van der Waals surface area contributed by atoms with E-state index in [2.05, 4.69) is 24.6 Å². The highest BCUT2D eigenvalue weighted by Gasteiger charge is 2.18. The molecule has 78 valence electrons. The lowest BCUT2D eigenvalue weighted by molar-refractivity contribution is 0.203. The molecular formula is C11H23NS. The zero-order chi connectivity index (χ0) is 9.52. The molecule has 1 fully saturated rings. The lowest BCUT2D eigenvalue weighted by Gasteiger charge is -2.30. The molecule has 1 aliphatic rings. The van der Waals surface area contributed by atoms with Crippen molar-refractivity contribution in [2.45, 2.75) is 38.5 Å². The highest BCUT2D eigenvalue weighted by molar-refractivity contribution is 7.80. The van der Waals surface area contributed by atoms with E-state index in [0.29, 0.717) is 0 Å². The van der Waals surface area contributed by atoms with Gasteiger partial charge in [-0.3, -0.25) is 0 Å². The summed E-state index contributed by atoms with van der Waals surface area (Å²) in [6, 6.07) is 0. The summed E-state index contributed by atoms with van der Waals surface area (Å²) in [7, 11) is 2.26. The van der Waals surface area contributed by atoms with Gasteiger partial charge in [-0.25, -0.2) is 0 Å². The minimum Gasteiger partial charge on any atom is -0.306 e. The van der Waals surface area contributed by atoms with Crippen LogP contribution in [0.25, 0.3) is 0 Å². The van der Waals surface area contributed by atoms with Crippen LogP contribution in [-0.2, 0) is 0 Å². The van der Waals surface area contributed by atoms with E-state index in [1.54, 1.807) is 0 Å². The fraction of sp³-hybridized carbons (Fsp3) is 1.00. The van der Waals surface area contributed by atoms with Crippen molar-refractivity contribution in [2.24, 2.45) is 5.92 Å². The van der Waals surface area contributed by atoms with Gasteiger partial charge in [-0.05, 0) is 50.9 Å². The van der Waals surface area contributed by atoms with Crippen molar-refractivity contribution in [3.05, 3.63) is 0 Å². The molecule has 1 saturated carbocycles. The fourth-order valence-corrected chi connectivity index (χ4v) is 2.10. The summed E-state index contributed by atoms with van der Waals surface area (Å²) in [5, 5.41) is 0. The van der Waals surface area contributed by atoms with Gasteiger partial charge in [-0.15, -0.1) is 0 Å². The van der Waals surface area contributed by atoms with E-state index in [1.807, 2.05) is 0 Å². The first-order valence-electron chi connectivity index (χ1n) is 5.62. The average Bonchev–Trinajstić information content (AvgIpc) is 2.06. The second-order valence-corrected chi connectivity index (χ2v) is 4.79. The molecule has 0 amide bonds. The number of thiol groups is 1. The molecule has 0 aromatic heterocycles. The largest absolute Gasteiger partial charge is 0.306 e. The SMILES string of the molecule is CN(CCCCCS)CC1CCC1. The Balaban J connectivity index is 1.87. The van der Waals surface area contributed by atoms with E-state index < -0.39 is 0 Å². The minimum absolute atomic E-state index is 1.02. The molecule has 0 aliphatic heterocycles. The predicted molar refractivity (Wildman–Crippen MR) is 62.5 cm³/mol.